The number of nitrogens with one attached hydrogen (secondary N) is 1. The Bertz CT molecular complexity index is 189. The first-order valence-corrected chi connectivity index (χ1v) is 4.31. The number of carbonyl (C=O) groups is 2. The van der Waals surface area contributed by atoms with Crippen LogP contribution in [0.2, 0.25) is 0 Å². The molecule has 0 aromatic carbocycles. The van der Waals surface area contributed by atoms with Crippen LogP contribution in [-0.4, -0.2) is 31.4 Å². The zero-order valence-corrected chi connectivity index (χ0v) is 8.59. The lowest BCUT2D eigenvalue weighted by molar-refractivity contribution is -0.130. The van der Waals surface area contributed by atoms with E-state index in [9.17, 15) is 9.59 Å². The normalized spacial score (nSPS) is 12.7. The Kier molecular flexibility index (Phi) is 5.30. The zero-order chi connectivity index (χ0) is 10.4. The van der Waals surface area contributed by atoms with Crippen LogP contribution in [0.3, 0.4) is 0 Å². The van der Waals surface area contributed by atoms with Crippen LogP contribution in [0.5, 0.6) is 0 Å². The Morgan fingerprint density at radius 1 is 1.31 bits per heavy atom. The molecule has 0 saturated heterocycles. The monoisotopic (exact) mass is 187 g/mol. The SMILES string of the molecule is COCC(=O)NC(C)C(=O)C(C)C. The van der Waals surface area contributed by atoms with Gasteiger partial charge >= 0.3 is 0 Å². The van der Waals surface area contributed by atoms with Crippen molar-refractivity contribution in [1.29, 1.82) is 0 Å². The number of methoxy groups -OCH3 is 1. The first-order chi connectivity index (χ1) is 5.99. The maximum Gasteiger partial charge on any atom is 0.246 e. The molecule has 0 bridgehead atoms. The molecule has 1 amide bonds. The van der Waals surface area contributed by atoms with Crippen molar-refractivity contribution in [2.45, 2.75) is 26.8 Å². The summed E-state index contributed by atoms with van der Waals surface area (Å²) in [5, 5.41) is 2.55. The van der Waals surface area contributed by atoms with Gasteiger partial charge in [0.15, 0.2) is 5.78 Å². The standard InChI is InChI=1S/C9H17NO3/c1-6(2)9(12)7(3)10-8(11)5-13-4/h6-7H,5H2,1-4H3,(H,10,11). The van der Waals surface area contributed by atoms with Gasteiger partial charge in [-0.15, -0.1) is 0 Å². The van der Waals surface area contributed by atoms with Crippen molar-refractivity contribution in [3.05, 3.63) is 0 Å². The largest absolute Gasteiger partial charge is 0.375 e. The molecule has 0 aliphatic heterocycles. The number of rotatable bonds is 5. The quantitative estimate of drug-likeness (QED) is 0.676. The predicted molar refractivity (Wildman–Crippen MR) is 49.3 cm³/mol. The minimum atomic E-state index is -0.428. The molecule has 0 rings (SSSR count). The van der Waals surface area contributed by atoms with Gasteiger partial charge in [-0.2, -0.15) is 0 Å². The Morgan fingerprint density at radius 2 is 1.85 bits per heavy atom. The second kappa shape index (κ2) is 5.70. The van der Waals surface area contributed by atoms with Crippen LogP contribution in [0, 0.1) is 5.92 Å². The van der Waals surface area contributed by atoms with Crippen molar-refractivity contribution in [3.8, 4) is 0 Å². The molecule has 13 heavy (non-hydrogen) atoms. The fourth-order valence-electron chi connectivity index (χ4n) is 0.985. The van der Waals surface area contributed by atoms with Crippen molar-refractivity contribution in [3.63, 3.8) is 0 Å². The highest BCUT2D eigenvalue weighted by atomic mass is 16.5. The molecule has 0 fully saturated rings. The molecule has 0 aromatic rings. The Labute approximate surface area is 78.6 Å². The van der Waals surface area contributed by atoms with Crippen LogP contribution in [0.25, 0.3) is 0 Å². The van der Waals surface area contributed by atoms with Crippen LogP contribution in [0.1, 0.15) is 20.8 Å². The molecular formula is C9H17NO3. The van der Waals surface area contributed by atoms with Gasteiger partial charge in [-0.25, -0.2) is 0 Å². The summed E-state index contributed by atoms with van der Waals surface area (Å²) in [5.74, 6) is -0.286. The molecule has 0 aliphatic carbocycles. The summed E-state index contributed by atoms with van der Waals surface area (Å²) in [6.07, 6.45) is 0. The summed E-state index contributed by atoms with van der Waals surface area (Å²) in [5.41, 5.74) is 0. The minimum Gasteiger partial charge on any atom is -0.375 e. The number of Topliss-reactive ketones (excluding diaryl/α,β-unsaturated/α-hetero) is 1. The molecule has 1 N–H and O–H groups in total. The van der Waals surface area contributed by atoms with Gasteiger partial charge in [0.25, 0.3) is 0 Å². The molecule has 0 spiro atoms. The molecule has 0 heterocycles. The highest BCUT2D eigenvalue weighted by Gasteiger charge is 2.17. The van der Waals surface area contributed by atoms with Crippen molar-refractivity contribution < 1.29 is 14.3 Å². The van der Waals surface area contributed by atoms with E-state index in [1.54, 1.807) is 20.8 Å². The Balaban J connectivity index is 3.92. The molecule has 4 nitrogen and oxygen atoms in total. The molecule has 4 heteroatoms. The summed E-state index contributed by atoms with van der Waals surface area (Å²) >= 11 is 0. The highest BCUT2D eigenvalue weighted by Crippen LogP contribution is 1.98. The lowest BCUT2D eigenvalue weighted by atomic mass is 10.0. The number of carbonyl (C=O) groups excluding carboxylic acids is 2. The fourth-order valence-corrected chi connectivity index (χ4v) is 0.985. The van der Waals surface area contributed by atoms with Gasteiger partial charge in [-0.3, -0.25) is 9.59 Å². The van der Waals surface area contributed by atoms with Gasteiger partial charge in [0.05, 0.1) is 6.04 Å². The van der Waals surface area contributed by atoms with E-state index in [2.05, 4.69) is 10.1 Å². The van der Waals surface area contributed by atoms with Gasteiger partial charge < -0.3 is 10.1 Å². The van der Waals surface area contributed by atoms with Crippen molar-refractivity contribution in [2.24, 2.45) is 5.92 Å². The minimum absolute atomic E-state index is 0.00425. The van der Waals surface area contributed by atoms with Crippen molar-refractivity contribution in [1.82, 2.24) is 5.32 Å². The smallest absolute Gasteiger partial charge is 0.246 e. The van der Waals surface area contributed by atoms with Crippen molar-refractivity contribution in [2.75, 3.05) is 13.7 Å². The predicted octanol–water partition coefficient (Wildman–Crippen LogP) is 0.363. The number of ketones is 1. The molecule has 1 atom stereocenters. The topological polar surface area (TPSA) is 55.4 Å². The third-order valence-corrected chi connectivity index (χ3v) is 1.65. The van der Waals surface area contributed by atoms with E-state index in [0.29, 0.717) is 0 Å². The third-order valence-electron chi connectivity index (χ3n) is 1.65. The van der Waals surface area contributed by atoms with Gasteiger partial charge in [0.2, 0.25) is 5.91 Å². The average molecular weight is 187 g/mol. The van der Waals surface area contributed by atoms with Crippen LogP contribution in [0.15, 0.2) is 0 Å². The van der Waals surface area contributed by atoms with E-state index in [1.807, 2.05) is 0 Å². The maximum absolute atomic E-state index is 11.3. The second-order valence-electron chi connectivity index (χ2n) is 3.28. The van der Waals surface area contributed by atoms with E-state index in [4.69, 9.17) is 0 Å². The summed E-state index contributed by atoms with van der Waals surface area (Å²) in [6, 6.07) is -0.428. The van der Waals surface area contributed by atoms with Crippen LogP contribution in [-0.2, 0) is 14.3 Å². The fraction of sp³-hybridized carbons (Fsp3) is 0.778. The van der Waals surface area contributed by atoms with Gasteiger partial charge in [-0.05, 0) is 6.92 Å². The van der Waals surface area contributed by atoms with E-state index < -0.39 is 6.04 Å². The summed E-state index contributed by atoms with van der Waals surface area (Å²) in [7, 11) is 1.44. The van der Waals surface area contributed by atoms with Crippen LogP contribution < -0.4 is 5.32 Å². The number of hydrogen-bond acceptors (Lipinski definition) is 3. The Morgan fingerprint density at radius 3 is 2.23 bits per heavy atom. The van der Waals surface area contributed by atoms with Gasteiger partial charge in [-0.1, -0.05) is 13.8 Å². The van der Waals surface area contributed by atoms with Gasteiger partial charge in [0, 0.05) is 13.0 Å². The third kappa shape index (κ3) is 4.62. The maximum atomic E-state index is 11.3. The average Bonchev–Trinajstić information content (AvgIpc) is 2.03. The van der Waals surface area contributed by atoms with Crippen LogP contribution in [0.4, 0.5) is 0 Å². The molecule has 1 unspecified atom stereocenters. The van der Waals surface area contributed by atoms with Gasteiger partial charge in [0.1, 0.15) is 6.61 Å². The van der Waals surface area contributed by atoms with E-state index >= 15 is 0 Å². The summed E-state index contributed by atoms with van der Waals surface area (Å²) in [4.78, 5) is 22.3. The molecule has 0 saturated carbocycles. The molecule has 76 valence electrons. The number of ether oxygens (including phenoxy) is 1. The molecule has 0 radical (unpaired) electrons. The Hall–Kier alpha value is -0.900. The van der Waals surface area contributed by atoms with Crippen LogP contribution >= 0.6 is 0 Å². The van der Waals surface area contributed by atoms with Crippen molar-refractivity contribution >= 4 is 11.7 Å². The first kappa shape index (κ1) is 12.1. The van der Waals surface area contributed by atoms with E-state index in [1.165, 1.54) is 7.11 Å². The summed E-state index contributed by atoms with van der Waals surface area (Å²) in [6.45, 7) is 5.29. The lowest BCUT2D eigenvalue weighted by Crippen LogP contribution is -2.41. The molecule has 0 aromatic heterocycles. The highest BCUT2D eigenvalue weighted by molar-refractivity contribution is 5.90. The molecule has 0 aliphatic rings. The first-order valence-electron chi connectivity index (χ1n) is 4.31. The second-order valence-corrected chi connectivity index (χ2v) is 3.28. The number of amides is 1. The number of hydrogen-bond donors (Lipinski definition) is 1. The van der Waals surface area contributed by atoms with E-state index in [-0.39, 0.29) is 24.2 Å². The summed E-state index contributed by atoms with van der Waals surface area (Å²) < 4.78 is 4.62. The van der Waals surface area contributed by atoms with E-state index in [0.717, 1.165) is 0 Å². The molecular weight excluding hydrogens is 170 g/mol. The zero-order valence-electron chi connectivity index (χ0n) is 8.59. The lowest BCUT2D eigenvalue weighted by Gasteiger charge is -2.14.